The number of rotatable bonds is 8. The number of benzene rings is 2. The van der Waals surface area contributed by atoms with Crippen LogP contribution in [0.4, 0.5) is 10.5 Å². The summed E-state index contributed by atoms with van der Waals surface area (Å²) in [5.41, 5.74) is 3.20. The fourth-order valence-corrected chi connectivity index (χ4v) is 4.03. The van der Waals surface area contributed by atoms with Crippen LogP contribution in [0.3, 0.4) is 0 Å². The van der Waals surface area contributed by atoms with E-state index in [0.717, 1.165) is 28.2 Å². The summed E-state index contributed by atoms with van der Waals surface area (Å²) in [4.78, 5) is 39.2. The topological polar surface area (TPSA) is 80.6 Å². The molecule has 180 valence electrons. The van der Waals surface area contributed by atoms with Gasteiger partial charge >= 0.3 is 6.03 Å². The number of para-hydroxylation sites is 1. The maximum Gasteiger partial charge on any atom is 0.335 e. The first-order valence-corrected chi connectivity index (χ1v) is 11.8. The van der Waals surface area contributed by atoms with E-state index >= 15 is 0 Å². The summed E-state index contributed by atoms with van der Waals surface area (Å²) in [6.45, 7) is 7.21. The molecule has 1 aliphatic rings. The Bertz CT molecular complexity index is 1270. The maximum atomic E-state index is 13.2. The number of aromatic nitrogens is 1. The Morgan fingerprint density at radius 1 is 0.971 bits per heavy atom. The Labute approximate surface area is 205 Å². The van der Waals surface area contributed by atoms with Gasteiger partial charge in [0.15, 0.2) is 0 Å². The molecule has 1 aromatic heterocycles. The molecule has 4 amide bonds. The summed E-state index contributed by atoms with van der Waals surface area (Å²) in [5.74, 6) is -0.175. The van der Waals surface area contributed by atoms with Crippen molar-refractivity contribution < 1.29 is 19.1 Å². The zero-order valence-corrected chi connectivity index (χ0v) is 20.2. The molecule has 0 radical (unpaired) electrons. The van der Waals surface area contributed by atoms with Crippen LogP contribution in [0.5, 0.6) is 5.75 Å². The summed E-state index contributed by atoms with van der Waals surface area (Å²) >= 11 is 0. The number of carbonyl (C=O) groups excluding carboxylic acids is 3. The summed E-state index contributed by atoms with van der Waals surface area (Å²) in [6, 6.07) is 18.0. The molecular formula is C28H29N3O4. The molecule has 0 spiro atoms. The van der Waals surface area contributed by atoms with E-state index in [4.69, 9.17) is 4.74 Å². The van der Waals surface area contributed by atoms with Gasteiger partial charge in [-0.15, -0.1) is 0 Å². The van der Waals surface area contributed by atoms with Crippen molar-refractivity contribution >= 4 is 29.6 Å². The highest BCUT2D eigenvalue weighted by atomic mass is 16.5. The Morgan fingerprint density at radius 2 is 1.71 bits per heavy atom. The van der Waals surface area contributed by atoms with Gasteiger partial charge in [-0.2, -0.15) is 0 Å². The second-order valence-electron chi connectivity index (χ2n) is 8.65. The maximum absolute atomic E-state index is 13.2. The molecule has 7 heteroatoms. The lowest BCUT2D eigenvalue weighted by molar-refractivity contribution is -0.122. The minimum Gasteiger partial charge on any atom is -0.491 e. The number of hydrogen-bond donors (Lipinski definition) is 1. The second kappa shape index (κ2) is 10.4. The highest BCUT2D eigenvalue weighted by Crippen LogP contribution is 2.26. The van der Waals surface area contributed by atoms with E-state index in [9.17, 15) is 14.4 Å². The molecular weight excluding hydrogens is 442 g/mol. The Kier molecular flexibility index (Phi) is 7.15. The van der Waals surface area contributed by atoms with Crippen molar-refractivity contribution in [1.82, 2.24) is 9.88 Å². The molecule has 3 aromatic rings. The van der Waals surface area contributed by atoms with Crippen molar-refractivity contribution in [1.29, 1.82) is 0 Å². The zero-order chi connectivity index (χ0) is 24.9. The molecule has 0 unspecified atom stereocenters. The van der Waals surface area contributed by atoms with Gasteiger partial charge in [-0.3, -0.25) is 14.9 Å². The van der Waals surface area contributed by atoms with Gasteiger partial charge in [0.1, 0.15) is 17.9 Å². The first-order valence-electron chi connectivity index (χ1n) is 11.8. The zero-order valence-electron chi connectivity index (χ0n) is 20.2. The molecule has 35 heavy (non-hydrogen) atoms. The van der Waals surface area contributed by atoms with Gasteiger partial charge in [-0.25, -0.2) is 9.69 Å². The number of nitrogens with zero attached hydrogens (tertiary/aromatic N) is 2. The molecule has 2 heterocycles. The number of nitrogens with one attached hydrogen (secondary N) is 1. The lowest BCUT2D eigenvalue weighted by Crippen LogP contribution is -2.54. The molecule has 0 atom stereocenters. The van der Waals surface area contributed by atoms with Crippen molar-refractivity contribution in [2.45, 2.75) is 39.7 Å². The van der Waals surface area contributed by atoms with E-state index < -0.39 is 17.8 Å². The number of imide groups is 2. The van der Waals surface area contributed by atoms with Gasteiger partial charge in [0.05, 0.1) is 12.2 Å². The standard InChI is InChI=1S/C28H29N3O4/c1-4-20-11-13-21(14-12-20)31-27(33)24(26(32)29-28(31)34)18-22-8-7-15-30(22)16-17-35-25-10-6-5-9-23(25)19(2)3/h5-15,18-19H,4,16-17H2,1-3H3,(H,29,32,34)/b24-18+. The van der Waals surface area contributed by atoms with E-state index in [0.29, 0.717) is 30.5 Å². The van der Waals surface area contributed by atoms with Gasteiger partial charge in [0.25, 0.3) is 11.8 Å². The predicted molar refractivity (Wildman–Crippen MR) is 135 cm³/mol. The third-order valence-corrected chi connectivity index (χ3v) is 5.99. The average Bonchev–Trinajstić information content (AvgIpc) is 3.29. The van der Waals surface area contributed by atoms with Crippen LogP contribution in [0.15, 0.2) is 72.4 Å². The number of urea groups is 1. The first-order chi connectivity index (χ1) is 16.9. The Hall–Kier alpha value is -4.13. The lowest BCUT2D eigenvalue weighted by Gasteiger charge is -2.26. The van der Waals surface area contributed by atoms with Crippen LogP contribution in [0.2, 0.25) is 0 Å². The van der Waals surface area contributed by atoms with Gasteiger partial charge in [-0.1, -0.05) is 51.1 Å². The van der Waals surface area contributed by atoms with Crippen LogP contribution in [0.1, 0.15) is 43.5 Å². The molecule has 4 rings (SSSR count). The van der Waals surface area contributed by atoms with Gasteiger partial charge in [-0.05, 0) is 59.9 Å². The van der Waals surface area contributed by atoms with Gasteiger partial charge in [0, 0.05) is 11.9 Å². The summed E-state index contributed by atoms with van der Waals surface area (Å²) < 4.78 is 7.93. The van der Waals surface area contributed by atoms with Gasteiger partial charge < -0.3 is 9.30 Å². The van der Waals surface area contributed by atoms with E-state index in [2.05, 4.69) is 25.2 Å². The SMILES string of the molecule is CCc1ccc(N2C(=O)NC(=O)/C(=C\c3cccn3CCOc3ccccc3C(C)C)C2=O)cc1. The molecule has 2 aromatic carbocycles. The first kappa shape index (κ1) is 24.0. The molecule has 0 bridgehead atoms. The highest BCUT2D eigenvalue weighted by Gasteiger charge is 2.36. The number of carbonyl (C=O) groups is 3. The van der Waals surface area contributed by atoms with Gasteiger partial charge in [0.2, 0.25) is 0 Å². The summed E-state index contributed by atoms with van der Waals surface area (Å²) in [6.07, 6.45) is 4.22. The van der Waals surface area contributed by atoms with Crippen LogP contribution >= 0.6 is 0 Å². The number of amides is 4. The molecule has 1 N–H and O–H groups in total. The minimum absolute atomic E-state index is 0.102. The quantitative estimate of drug-likeness (QED) is 0.374. The van der Waals surface area contributed by atoms with E-state index in [-0.39, 0.29) is 5.57 Å². The minimum atomic E-state index is -0.756. The number of anilines is 1. The van der Waals surface area contributed by atoms with Crippen LogP contribution in [0, 0.1) is 0 Å². The fourth-order valence-electron chi connectivity index (χ4n) is 4.03. The predicted octanol–water partition coefficient (Wildman–Crippen LogP) is 4.92. The monoisotopic (exact) mass is 471 g/mol. The van der Waals surface area contributed by atoms with Crippen LogP contribution in [-0.4, -0.2) is 29.0 Å². The third kappa shape index (κ3) is 5.19. The van der Waals surface area contributed by atoms with E-state index in [1.165, 1.54) is 6.08 Å². The number of barbiturate groups is 1. The van der Waals surface area contributed by atoms with Crippen LogP contribution in [0.25, 0.3) is 6.08 Å². The normalized spacial score (nSPS) is 15.1. The summed E-state index contributed by atoms with van der Waals surface area (Å²) in [7, 11) is 0. The van der Waals surface area contributed by atoms with Crippen molar-refractivity contribution in [3.05, 3.63) is 89.3 Å². The van der Waals surface area contributed by atoms with Crippen molar-refractivity contribution in [3.63, 3.8) is 0 Å². The molecule has 1 aliphatic heterocycles. The smallest absolute Gasteiger partial charge is 0.335 e. The third-order valence-electron chi connectivity index (χ3n) is 5.99. The Morgan fingerprint density at radius 3 is 2.43 bits per heavy atom. The van der Waals surface area contributed by atoms with Crippen molar-refractivity contribution in [3.8, 4) is 5.75 Å². The average molecular weight is 472 g/mol. The fraction of sp³-hybridized carbons (Fsp3) is 0.250. The van der Waals surface area contributed by atoms with Crippen molar-refractivity contribution in [2.24, 2.45) is 0 Å². The van der Waals surface area contributed by atoms with Crippen LogP contribution < -0.4 is 15.0 Å². The van der Waals surface area contributed by atoms with Crippen molar-refractivity contribution in [2.75, 3.05) is 11.5 Å². The number of hydrogen-bond acceptors (Lipinski definition) is 4. The largest absolute Gasteiger partial charge is 0.491 e. The molecule has 1 fully saturated rings. The highest BCUT2D eigenvalue weighted by molar-refractivity contribution is 6.39. The molecule has 0 saturated carbocycles. The van der Waals surface area contributed by atoms with Crippen LogP contribution in [-0.2, 0) is 22.6 Å². The molecule has 1 saturated heterocycles. The molecule has 7 nitrogen and oxygen atoms in total. The Balaban J connectivity index is 1.52. The second-order valence-corrected chi connectivity index (χ2v) is 8.65. The number of aryl methyl sites for hydroxylation is 1. The number of ether oxygens (including phenoxy) is 1. The van der Waals surface area contributed by atoms with E-state index in [1.807, 2.05) is 60.2 Å². The molecule has 0 aliphatic carbocycles. The lowest BCUT2D eigenvalue weighted by atomic mass is 10.0. The summed E-state index contributed by atoms with van der Waals surface area (Å²) in [5, 5.41) is 2.28. The van der Waals surface area contributed by atoms with E-state index in [1.54, 1.807) is 12.1 Å².